The molecule has 1 saturated heterocycles. The number of nitrogens with zero attached hydrogens (tertiary/aromatic N) is 2. The van der Waals surface area contributed by atoms with Gasteiger partial charge in [0.15, 0.2) is 0 Å². The second-order valence-electron chi connectivity index (χ2n) is 7.97. The fourth-order valence-electron chi connectivity index (χ4n) is 2.87. The molecular weight excluding hydrogens is 406 g/mol. The van der Waals surface area contributed by atoms with Crippen LogP contribution in [0.25, 0.3) is 0 Å². The van der Waals surface area contributed by atoms with Crippen LogP contribution in [0.5, 0.6) is 0 Å². The van der Waals surface area contributed by atoms with E-state index in [1.807, 2.05) is 30.3 Å². The highest BCUT2D eigenvalue weighted by molar-refractivity contribution is 5.89. The molecule has 3 amide bonds. The third-order valence-electron chi connectivity index (χ3n) is 4.41. The van der Waals surface area contributed by atoms with Gasteiger partial charge in [0, 0.05) is 13.1 Å². The maximum Gasteiger partial charge on any atom is 0.410 e. The van der Waals surface area contributed by atoms with Gasteiger partial charge in [0.05, 0.1) is 13.7 Å². The van der Waals surface area contributed by atoms with E-state index in [-0.39, 0.29) is 32.8 Å². The highest BCUT2D eigenvalue weighted by Gasteiger charge is 2.39. The van der Waals surface area contributed by atoms with Crippen LogP contribution >= 0.6 is 0 Å². The molecule has 1 N–H and O–H groups in total. The number of piperazine rings is 1. The second kappa shape index (κ2) is 10.6. The molecule has 1 aromatic rings. The van der Waals surface area contributed by atoms with Gasteiger partial charge in [-0.15, -0.1) is 0 Å². The van der Waals surface area contributed by atoms with Crippen molar-refractivity contribution >= 4 is 24.1 Å². The molecule has 0 bridgehead atoms. The van der Waals surface area contributed by atoms with E-state index in [1.165, 1.54) is 16.9 Å². The summed E-state index contributed by atoms with van der Waals surface area (Å²) in [6, 6.07) is 8.08. The van der Waals surface area contributed by atoms with Gasteiger partial charge in [-0.2, -0.15) is 0 Å². The molecule has 0 saturated carbocycles. The van der Waals surface area contributed by atoms with Crippen LogP contribution in [0.15, 0.2) is 30.3 Å². The number of methoxy groups -OCH3 is 1. The number of ether oxygens (including phenoxy) is 3. The topological polar surface area (TPSA) is 114 Å². The lowest BCUT2D eigenvalue weighted by Crippen LogP contribution is -2.62. The van der Waals surface area contributed by atoms with Crippen LogP contribution in [0.4, 0.5) is 9.59 Å². The summed E-state index contributed by atoms with van der Waals surface area (Å²) in [6.07, 6.45) is -1.28. The molecule has 1 aromatic carbocycles. The van der Waals surface area contributed by atoms with E-state index in [2.05, 4.69) is 10.1 Å². The average molecular weight is 435 g/mol. The SMILES string of the molecule is COC(=O)CNC(=O)[C@H]1CN(C(=O)OC(C)(C)C)CCN1C(=O)OCc1ccccc1. The van der Waals surface area contributed by atoms with Crippen LogP contribution in [0.1, 0.15) is 26.3 Å². The number of amides is 3. The Kier molecular flexibility index (Phi) is 8.23. The van der Waals surface area contributed by atoms with Crippen molar-refractivity contribution in [1.82, 2.24) is 15.1 Å². The minimum Gasteiger partial charge on any atom is -0.468 e. The van der Waals surface area contributed by atoms with E-state index in [9.17, 15) is 19.2 Å². The highest BCUT2D eigenvalue weighted by Crippen LogP contribution is 2.17. The third kappa shape index (κ3) is 7.47. The molecule has 170 valence electrons. The first-order valence-electron chi connectivity index (χ1n) is 9.90. The lowest BCUT2D eigenvalue weighted by molar-refractivity contribution is -0.142. The summed E-state index contributed by atoms with van der Waals surface area (Å²) in [4.78, 5) is 51.8. The van der Waals surface area contributed by atoms with Crippen molar-refractivity contribution < 1.29 is 33.4 Å². The predicted molar refractivity (Wildman–Crippen MR) is 110 cm³/mol. The minimum absolute atomic E-state index is 0.0441. The van der Waals surface area contributed by atoms with E-state index in [1.54, 1.807) is 20.8 Å². The maximum atomic E-state index is 12.7. The number of rotatable bonds is 5. The summed E-state index contributed by atoms with van der Waals surface area (Å²) in [7, 11) is 1.20. The molecule has 0 spiro atoms. The molecule has 1 heterocycles. The van der Waals surface area contributed by atoms with E-state index >= 15 is 0 Å². The molecular formula is C21H29N3O7. The van der Waals surface area contributed by atoms with Crippen LogP contribution in [-0.2, 0) is 30.4 Å². The number of carbonyl (C=O) groups is 4. The molecule has 1 atom stereocenters. The van der Waals surface area contributed by atoms with Gasteiger partial charge in [-0.25, -0.2) is 9.59 Å². The van der Waals surface area contributed by atoms with Gasteiger partial charge in [-0.05, 0) is 26.3 Å². The molecule has 1 fully saturated rings. The Balaban J connectivity index is 2.09. The van der Waals surface area contributed by atoms with Gasteiger partial charge >= 0.3 is 18.2 Å². The Morgan fingerprint density at radius 1 is 1.06 bits per heavy atom. The number of benzene rings is 1. The first-order chi connectivity index (χ1) is 14.6. The van der Waals surface area contributed by atoms with E-state index in [0.717, 1.165) is 5.56 Å². The largest absolute Gasteiger partial charge is 0.468 e. The quantitative estimate of drug-likeness (QED) is 0.551. The number of hydrogen-bond acceptors (Lipinski definition) is 7. The van der Waals surface area contributed by atoms with E-state index in [4.69, 9.17) is 9.47 Å². The molecule has 2 rings (SSSR count). The molecule has 1 aliphatic heterocycles. The molecule has 0 aliphatic carbocycles. The molecule has 0 unspecified atom stereocenters. The smallest absolute Gasteiger partial charge is 0.410 e. The summed E-state index contributed by atoms with van der Waals surface area (Å²) in [5.74, 6) is -1.23. The standard InChI is InChI=1S/C21H29N3O7/c1-21(2,3)31-19(27)23-10-11-24(16(13-23)18(26)22-12-17(25)29-4)20(28)30-14-15-8-6-5-7-9-15/h5-9,16H,10-14H2,1-4H3,(H,22,26)/t16-/m1/s1. The Morgan fingerprint density at radius 3 is 2.35 bits per heavy atom. The van der Waals surface area contributed by atoms with Crippen molar-refractivity contribution in [2.24, 2.45) is 0 Å². The van der Waals surface area contributed by atoms with Crippen LogP contribution in [0, 0.1) is 0 Å². The van der Waals surface area contributed by atoms with Crippen LogP contribution in [0.3, 0.4) is 0 Å². The third-order valence-corrected chi connectivity index (χ3v) is 4.41. The summed E-state index contributed by atoms with van der Waals surface area (Å²) >= 11 is 0. The van der Waals surface area contributed by atoms with Gasteiger partial charge in [-0.1, -0.05) is 30.3 Å². The number of nitrogens with one attached hydrogen (secondary N) is 1. The second-order valence-corrected chi connectivity index (χ2v) is 7.97. The van der Waals surface area contributed by atoms with Crippen molar-refractivity contribution in [2.75, 3.05) is 33.3 Å². The average Bonchev–Trinajstić information content (AvgIpc) is 2.74. The first kappa shape index (κ1) is 24.0. The van der Waals surface area contributed by atoms with Gasteiger partial charge in [-0.3, -0.25) is 14.5 Å². The zero-order valence-electron chi connectivity index (χ0n) is 18.3. The Labute approximate surface area is 181 Å². The fraction of sp³-hybridized carbons (Fsp3) is 0.524. The first-order valence-corrected chi connectivity index (χ1v) is 9.90. The van der Waals surface area contributed by atoms with Crippen LogP contribution < -0.4 is 5.32 Å². The summed E-state index contributed by atoms with van der Waals surface area (Å²) in [5, 5.41) is 2.43. The maximum absolute atomic E-state index is 12.7. The lowest BCUT2D eigenvalue weighted by atomic mass is 10.1. The summed E-state index contributed by atoms with van der Waals surface area (Å²) < 4.78 is 15.2. The number of esters is 1. The lowest BCUT2D eigenvalue weighted by Gasteiger charge is -2.40. The van der Waals surface area contributed by atoms with E-state index in [0.29, 0.717) is 0 Å². The monoisotopic (exact) mass is 435 g/mol. The van der Waals surface area contributed by atoms with Crippen LogP contribution in [0.2, 0.25) is 0 Å². The predicted octanol–water partition coefficient (Wildman–Crippen LogP) is 1.53. The molecule has 31 heavy (non-hydrogen) atoms. The van der Waals surface area contributed by atoms with Crippen molar-refractivity contribution in [3.63, 3.8) is 0 Å². The van der Waals surface area contributed by atoms with Gasteiger partial charge < -0.3 is 24.4 Å². The molecule has 0 aromatic heterocycles. The highest BCUT2D eigenvalue weighted by atomic mass is 16.6. The molecule has 1 aliphatic rings. The van der Waals surface area contributed by atoms with Crippen LogP contribution in [-0.4, -0.2) is 78.8 Å². The summed E-state index contributed by atoms with van der Waals surface area (Å²) in [5.41, 5.74) is 0.0980. The van der Waals surface area contributed by atoms with Crippen molar-refractivity contribution in [3.8, 4) is 0 Å². The Hall–Kier alpha value is -3.30. The van der Waals surface area contributed by atoms with Crippen molar-refractivity contribution in [3.05, 3.63) is 35.9 Å². The zero-order chi connectivity index (χ0) is 23.0. The summed E-state index contributed by atoms with van der Waals surface area (Å²) in [6.45, 7) is 5.06. The van der Waals surface area contributed by atoms with Gasteiger partial charge in [0.2, 0.25) is 5.91 Å². The van der Waals surface area contributed by atoms with Gasteiger partial charge in [0.1, 0.15) is 24.8 Å². The minimum atomic E-state index is -1.05. The van der Waals surface area contributed by atoms with Crippen molar-refractivity contribution in [2.45, 2.75) is 39.0 Å². The Morgan fingerprint density at radius 2 is 1.74 bits per heavy atom. The molecule has 10 heteroatoms. The molecule has 10 nitrogen and oxygen atoms in total. The van der Waals surface area contributed by atoms with Gasteiger partial charge in [0.25, 0.3) is 0 Å². The van der Waals surface area contributed by atoms with Crippen molar-refractivity contribution in [1.29, 1.82) is 0 Å². The zero-order valence-corrected chi connectivity index (χ0v) is 18.3. The normalized spacial score (nSPS) is 16.3. The number of hydrogen-bond donors (Lipinski definition) is 1. The Bertz CT molecular complexity index is 792. The van der Waals surface area contributed by atoms with E-state index < -0.39 is 35.7 Å². The number of carbonyl (C=O) groups excluding carboxylic acids is 4. The fourth-order valence-corrected chi connectivity index (χ4v) is 2.87. The molecule has 0 radical (unpaired) electrons.